The quantitative estimate of drug-likeness (QED) is 0.499. The second kappa shape index (κ2) is 3.32. The lowest BCUT2D eigenvalue weighted by molar-refractivity contribution is -0.122. The number of rotatable bonds is 2. The Labute approximate surface area is 83.4 Å². The first-order chi connectivity index (χ1) is 6.22. The van der Waals surface area contributed by atoms with Crippen LogP contribution in [0.2, 0.25) is 0 Å². The van der Waals surface area contributed by atoms with Crippen LogP contribution in [0.25, 0.3) is 0 Å². The summed E-state index contributed by atoms with van der Waals surface area (Å²) in [6, 6.07) is 0.296. The normalized spacial score (nSPS) is 41.6. The predicted molar refractivity (Wildman–Crippen MR) is 53.8 cm³/mol. The molecule has 0 aromatic heterocycles. The van der Waals surface area contributed by atoms with E-state index in [1.807, 2.05) is 0 Å². The molecule has 0 saturated heterocycles. The molecule has 2 nitrogen and oxygen atoms in total. The van der Waals surface area contributed by atoms with Crippen LogP contribution in [0.15, 0.2) is 4.99 Å². The van der Waals surface area contributed by atoms with Gasteiger partial charge >= 0.3 is 0 Å². The van der Waals surface area contributed by atoms with Gasteiger partial charge in [-0.1, -0.05) is 0 Å². The van der Waals surface area contributed by atoms with E-state index in [2.05, 4.69) is 22.4 Å². The highest BCUT2D eigenvalue weighted by Gasteiger charge is 2.47. The van der Waals surface area contributed by atoms with Gasteiger partial charge in [0.15, 0.2) is 0 Å². The molecule has 2 fully saturated rings. The molecule has 0 aromatic rings. The third-order valence-electron chi connectivity index (χ3n) is 3.52. The number of isothiocyanates is 1. The Balaban J connectivity index is 2.14. The van der Waals surface area contributed by atoms with Gasteiger partial charge in [0.2, 0.25) is 0 Å². The Morgan fingerprint density at radius 3 is 2.77 bits per heavy atom. The van der Waals surface area contributed by atoms with Crippen molar-refractivity contribution in [2.24, 2.45) is 22.7 Å². The Hall–Kier alpha value is -0.530. The molecule has 0 heterocycles. The number of fused-ring (bicyclic) bond motifs is 2. The van der Waals surface area contributed by atoms with Gasteiger partial charge < -0.3 is 0 Å². The first-order valence-electron chi connectivity index (χ1n) is 4.79. The van der Waals surface area contributed by atoms with Crippen molar-refractivity contribution in [3.63, 3.8) is 0 Å². The van der Waals surface area contributed by atoms with Gasteiger partial charge in [-0.05, 0) is 50.2 Å². The van der Waals surface area contributed by atoms with Gasteiger partial charge in [-0.3, -0.25) is 4.79 Å². The molecule has 2 aliphatic rings. The molecule has 4 atom stereocenters. The lowest BCUT2D eigenvalue weighted by Gasteiger charge is -2.23. The van der Waals surface area contributed by atoms with Crippen molar-refractivity contribution >= 4 is 23.2 Å². The van der Waals surface area contributed by atoms with E-state index in [1.165, 1.54) is 6.42 Å². The highest BCUT2D eigenvalue weighted by atomic mass is 32.1. The maximum absolute atomic E-state index is 11.3. The molecule has 13 heavy (non-hydrogen) atoms. The highest BCUT2D eigenvalue weighted by Crippen LogP contribution is 2.49. The molecule has 2 rings (SSSR count). The van der Waals surface area contributed by atoms with Crippen LogP contribution in [0.3, 0.4) is 0 Å². The summed E-state index contributed by atoms with van der Waals surface area (Å²) < 4.78 is 0. The third-order valence-corrected chi connectivity index (χ3v) is 3.62. The fourth-order valence-corrected chi connectivity index (χ4v) is 3.13. The molecule has 0 unspecified atom stereocenters. The van der Waals surface area contributed by atoms with Crippen LogP contribution in [-0.2, 0) is 4.79 Å². The van der Waals surface area contributed by atoms with Crippen molar-refractivity contribution < 1.29 is 4.79 Å². The van der Waals surface area contributed by atoms with Crippen molar-refractivity contribution in [3.05, 3.63) is 0 Å². The van der Waals surface area contributed by atoms with Crippen LogP contribution in [-0.4, -0.2) is 17.0 Å². The molecule has 0 aliphatic heterocycles. The Kier molecular flexibility index (Phi) is 2.31. The van der Waals surface area contributed by atoms with E-state index in [0.717, 1.165) is 18.8 Å². The van der Waals surface area contributed by atoms with E-state index in [4.69, 9.17) is 0 Å². The summed E-state index contributed by atoms with van der Waals surface area (Å²) in [5, 5.41) is 2.45. The smallest absolute Gasteiger partial charge is 0.133 e. The summed E-state index contributed by atoms with van der Waals surface area (Å²) >= 11 is 4.61. The Morgan fingerprint density at radius 1 is 1.46 bits per heavy atom. The molecule has 0 amide bonds. The second-order valence-corrected chi connectivity index (χ2v) is 4.42. The monoisotopic (exact) mass is 195 g/mol. The van der Waals surface area contributed by atoms with Gasteiger partial charge in [0.05, 0.1) is 11.2 Å². The molecule has 0 spiro atoms. The number of nitrogens with zero attached hydrogens (tertiary/aromatic N) is 1. The molecule has 0 N–H and O–H groups in total. The minimum absolute atomic E-state index is 0.260. The van der Waals surface area contributed by atoms with Gasteiger partial charge in [-0.25, -0.2) is 4.99 Å². The number of carbonyl (C=O) groups excluding carboxylic acids is 1. The van der Waals surface area contributed by atoms with E-state index >= 15 is 0 Å². The fourth-order valence-electron chi connectivity index (χ4n) is 3.00. The summed E-state index contributed by atoms with van der Waals surface area (Å²) in [5.41, 5.74) is 0. The van der Waals surface area contributed by atoms with Crippen molar-refractivity contribution in [2.45, 2.75) is 32.2 Å². The largest absolute Gasteiger partial charge is 0.300 e. The molecular weight excluding hydrogens is 182 g/mol. The molecule has 3 heteroatoms. The SMILES string of the molecule is CC(=O)[C@H]1C[C@@H]2C[C@H]1[C@H](N=C=S)C2. The average molecular weight is 195 g/mol. The molecule has 2 bridgehead atoms. The third kappa shape index (κ3) is 1.47. The lowest BCUT2D eigenvalue weighted by Crippen LogP contribution is -2.27. The predicted octanol–water partition coefficient (Wildman–Crippen LogP) is 2.09. The number of hydrogen-bond donors (Lipinski definition) is 0. The summed E-state index contributed by atoms with van der Waals surface area (Å²) in [6.07, 6.45) is 3.39. The number of carbonyl (C=O) groups is 1. The van der Waals surface area contributed by atoms with Gasteiger partial charge in [0.1, 0.15) is 5.78 Å². The maximum Gasteiger partial charge on any atom is 0.133 e. The summed E-state index contributed by atoms with van der Waals surface area (Å²) in [5.74, 6) is 1.78. The van der Waals surface area contributed by atoms with E-state index in [9.17, 15) is 4.79 Å². The summed E-state index contributed by atoms with van der Waals surface area (Å²) in [7, 11) is 0. The maximum atomic E-state index is 11.3. The van der Waals surface area contributed by atoms with Crippen molar-refractivity contribution in [1.29, 1.82) is 0 Å². The zero-order valence-electron chi connectivity index (χ0n) is 7.69. The van der Waals surface area contributed by atoms with Crippen LogP contribution in [0.4, 0.5) is 0 Å². The minimum Gasteiger partial charge on any atom is -0.300 e. The van der Waals surface area contributed by atoms with Gasteiger partial charge in [0, 0.05) is 5.92 Å². The topological polar surface area (TPSA) is 29.4 Å². The van der Waals surface area contributed by atoms with Crippen LogP contribution >= 0.6 is 12.2 Å². The number of thiocarbonyl (C=S) groups is 1. The summed E-state index contributed by atoms with van der Waals surface area (Å²) in [4.78, 5) is 15.4. The van der Waals surface area contributed by atoms with E-state index in [1.54, 1.807) is 6.92 Å². The van der Waals surface area contributed by atoms with E-state index in [-0.39, 0.29) is 5.92 Å². The van der Waals surface area contributed by atoms with Gasteiger partial charge in [-0.15, -0.1) is 0 Å². The zero-order chi connectivity index (χ0) is 9.42. The van der Waals surface area contributed by atoms with Gasteiger partial charge in [-0.2, -0.15) is 0 Å². The van der Waals surface area contributed by atoms with Crippen molar-refractivity contribution in [2.75, 3.05) is 0 Å². The van der Waals surface area contributed by atoms with E-state index in [0.29, 0.717) is 17.7 Å². The van der Waals surface area contributed by atoms with Crippen molar-refractivity contribution in [3.8, 4) is 0 Å². The number of ketones is 1. The highest BCUT2D eigenvalue weighted by molar-refractivity contribution is 7.78. The molecular formula is C10H13NOS. The van der Waals surface area contributed by atoms with Crippen LogP contribution in [0.5, 0.6) is 0 Å². The first-order valence-corrected chi connectivity index (χ1v) is 5.20. The van der Waals surface area contributed by atoms with Crippen molar-refractivity contribution in [1.82, 2.24) is 0 Å². The molecule has 70 valence electrons. The first kappa shape index (κ1) is 9.04. The van der Waals surface area contributed by atoms with Crippen LogP contribution in [0, 0.1) is 17.8 Å². The van der Waals surface area contributed by atoms with Gasteiger partial charge in [0.25, 0.3) is 0 Å². The summed E-state index contributed by atoms with van der Waals surface area (Å²) in [6.45, 7) is 1.70. The number of aliphatic imine (C=N–C) groups is 1. The Bertz CT molecular complexity index is 271. The molecule has 0 radical (unpaired) electrons. The number of hydrogen-bond acceptors (Lipinski definition) is 3. The molecule has 2 saturated carbocycles. The lowest BCUT2D eigenvalue weighted by atomic mass is 9.83. The number of Topliss-reactive ketones (excluding diaryl/α,β-unsaturated/α-hetero) is 1. The standard InChI is InChI=1S/C10H13NOS/c1-6(12)8-2-7-3-9(8)10(4-7)11-5-13/h7-10H,2-4H2,1H3/t7-,8-,9-,10-/m1/s1. The van der Waals surface area contributed by atoms with Crippen LogP contribution < -0.4 is 0 Å². The zero-order valence-corrected chi connectivity index (χ0v) is 8.51. The fraction of sp³-hybridized carbons (Fsp3) is 0.800. The minimum atomic E-state index is 0.260. The molecule has 2 aliphatic carbocycles. The Morgan fingerprint density at radius 2 is 2.23 bits per heavy atom. The second-order valence-electron chi connectivity index (χ2n) is 4.24. The average Bonchev–Trinajstić information content (AvgIpc) is 2.62. The molecule has 0 aromatic carbocycles. The van der Waals surface area contributed by atoms with E-state index < -0.39 is 0 Å². The van der Waals surface area contributed by atoms with Crippen LogP contribution in [0.1, 0.15) is 26.2 Å².